The molecule has 1 saturated carbocycles. The van der Waals surface area contributed by atoms with Crippen LogP contribution >= 0.6 is 0 Å². The Morgan fingerprint density at radius 1 is 1.14 bits per heavy atom. The van der Waals surface area contributed by atoms with E-state index < -0.39 is 0 Å². The lowest BCUT2D eigenvalue weighted by atomic mass is 10.1. The Morgan fingerprint density at radius 2 is 2.00 bits per heavy atom. The fourth-order valence-electron chi connectivity index (χ4n) is 2.79. The molecule has 0 bridgehead atoms. The van der Waals surface area contributed by atoms with E-state index in [2.05, 4.69) is 20.3 Å². The molecular weight excluding hydrogens is 280 g/mol. The SMILES string of the molecule is c1nc(CC2CC2)c(-c2cnc(NCC3CCCO3)nc2)o1. The maximum Gasteiger partial charge on any atom is 0.222 e. The van der Waals surface area contributed by atoms with E-state index in [1.165, 1.54) is 19.2 Å². The number of nitrogens with one attached hydrogen (secondary N) is 1. The quantitative estimate of drug-likeness (QED) is 0.884. The molecule has 0 radical (unpaired) electrons. The maximum absolute atomic E-state index is 5.57. The summed E-state index contributed by atoms with van der Waals surface area (Å²) in [5.41, 5.74) is 1.90. The fraction of sp³-hybridized carbons (Fsp3) is 0.562. The first-order chi connectivity index (χ1) is 10.9. The molecule has 6 heteroatoms. The molecule has 3 heterocycles. The van der Waals surface area contributed by atoms with Crippen LogP contribution in [0.15, 0.2) is 23.2 Å². The lowest BCUT2D eigenvalue weighted by Crippen LogP contribution is -2.19. The van der Waals surface area contributed by atoms with Crippen LogP contribution in [0.3, 0.4) is 0 Å². The number of oxazole rings is 1. The van der Waals surface area contributed by atoms with E-state index in [1.807, 2.05) is 0 Å². The molecule has 1 atom stereocenters. The molecule has 1 aliphatic carbocycles. The largest absolute Gasteiger partial charge is 0.443 e. The molecule has 2 fully saturated rings. The van der Waals surface area contributed by atoms with E-state index in [9.17, 15) is 0 Å². The second-order valence-corrected chi connectivity index (χ2v) is 6.09. The van der Waals surface area contributed by atoms with E-state index in [1.54, 1.807) is 12.4 Å². The van der Waals surface area contributed by atoms with Gasteiger partial charge >= 0.3 is 0 Å². The van der Waals surface area contributed by atoms with Crippen LogP contribution < -0.4 is 5.32 Å². The van der Waals surface area contributed by atoms with Crippen molar-refractivity contribution in [3.05, 3.63) is 24.5 Å². The highest BCUT2D eigenvalue weighted by Crippen LogP contribution is 2.35. The van der Waals surface area contributed by atoms with Crippen molar-refractivity contribution in [1.82, 2.24) is 15.0 Å². The van der Waals surface area contributed by atoms with Crippen LogP contribution in [0.5, 0.6) is 0 Å². The highest BCUT2D eigenvalue weighted by molar-refractivity contribution is 5.58. The van der Waals surface area contributed by atoms with Gasteiger partial charge in [-0.25, -0.2) is 15.0 Å². The van der Waals surface area contributed by atoms with Gasteiger partial charge in [0.05, 0.1) is 17.4 Å². The molecule has 6 nitrogen and oxygen atoms in total. The van der Waals surface area contributed by atoms with Gasteiger partial charge in [0.1, 0.15) is 0 Å². The van der Waals surface area contributed by atoms with Crippen molar-refractivity contribution < 1.29 is 9.15 Å². The zero-order valence-corrected chi connectivity index (χ0v) is 12.5. The minimum absolute atomic E-state index is 0.280. The average Bonchev–Trinajstić information content (AvgIpc) is 3.02. The van der Waals surface area contributed by atoms with Crippen molar-refractivity contribution in [2.75, 3.05) is 18.5 Å². The predicted molar refractivity (Wildman–Crippen MR) is 81.4 cm³/mol. The van der Waals surface area contributed by atoms with Gasteiger partial charge in [-0.3, -0.25) is 0 Å². The average molecular weight is 300 g/mol. The summed E-state index contributed by atoms with van der Waals surface area (Å²) in [4.78, 5) is 13.1. The maximum atomic E-state index is 5.57. The third-order valence-corrected chi connectivity index (χ3v) is 4.25. The van der Waals surface area contributed by atoms with Crippen molar-refractivity contribution >= 4 is 5.95 Å². The van der Waals surface area contributed by atoms with Crippen LogP contribution in [0, 0.1) is 5.92 Å². The van der Waals surface area contributed by atoms with Crippen LogP contribution in [-0.4, -0.2) is 34.2 Å². The molecule has 22 heavy (non-hydrogen) atoms. The number of rotatable bonds is 6. The number of nitrogens with zero attached hydrogens (tertiary/aromatic N) is 3. The van der Waals surface area contributed by atoms with Gasteiger partial charge < -0.3 is 14.5 Å². The number of anilines is 1. The second-order valence-electron chi connectivity index (χ2n) is 6.09. The predicted octanol–water partition coefficient (Wildman–Crippen LogP) is 2.68. The normalized spacial score (nSPS) is 21.2. The van der Waals surface area contributed by atoms with E-state index >= 15 is 0 Å². The van der Waals surface area contributed by atoms with Gasteiger partial charge in [0.2, 0.25) is 5.95 Å². The van der Waals surface area contributed by atoms with Crippen molar-refractivity contribution in [3.63, 3.8) is 0 Å². The monoisotopic (exact) mass is 300 g/mol. The lowest BCUT2D eigenvalue weighted by Gasteiger charge is -2.10. The van der Waals surface area contributed by atoms with E-state index in [0.29, 0.717) is 5.95 Å². The van der Waals surface area contributed by atoms with Crippen molar-refractivity contribution in [1.29, 1.82) is 0 Å². The molecule has 1 unspecified atom stereocenters. The molecular formula is C16H20N4O2. The van der Waals surface area contributed by atoms with Gasteiger partial charge in [0.25, 0.3) is 0 Å². The minimum Gasteiger partial charge on any atom is -0.443 e. The Morgan fingerprint density at radius 3 is 2.73 bits per heavy atom. The summed E-state index contributed by atoms with van der Waals surface area (Å²) in [6.07, 6.45) is 11.2. The van der Waals surface area contributed by atoms with Gasteiger partial charge in [0, 0.05) is 25.5 Å². The molecule has 4 rings (SSSR count). The highest BCUT2D eigenvalue weighted by atomic mass is 16.5. The Kier molecular flexibility index (Phi) is 3.76. The summed E-state index contributed by atoms with van der Waals surface area (Å²) in [6.45, 7) is 1.62. The molecule has 2 aromatic heterocycles. The van der Waals surface area contributed by atoms with Crippen LogP contribution in [0.1, 0.15) is 31.4 Å². The number of aromatic nitrogens is 3. The Hall–Kier alpha value is -1.95. The summed E-state index contributed by atoms with van der Waals surface area (Å²) in [5.74, 6) is 2.21. The molecule has 0 spiro atoms. The molecule has 1 aliphatic heterocycles. The second kappa shape index (κ2) is 6.04. The first-order valence-electron chi connectivity index (χ1n) is 7.99. The molecule has 2 aromatic rings. The molecule has 1 N–H and O–H groups in total. The van der Waals surface area contributed by atoms with Crippen molar-refractivity contribution in [2.24, 2.45) is 5.92 Å². The Bertz CT molecular complexity index is 615. The Labute approximate surface area is 129 Å². The molecule has 0 amide bonds. The highest BCUT2D eigenvalue weighted by Gasteiger charge is 2.25. The third kappa shape index (κ3) is 3.11. The first-order valence-corrected chi connectivity index (χ1v) is 7.99. The van der Waals surface area contributed by atoms with Gasteiger partial charge in [-0.1, -0.05) is 0 Å². The van der Waals surface area contributed by atoms with Gasteiger partial charge in [-0.2, -0.15) is 0 Å². The van der Waals surface area contributed by atoms with E-state index in [4.69, 9.17) is 9.15 Å². The van der Waals surface area contributed by atoms with Crippen LogP contribution in [-0.2, 0) is 11.2 Å². The summed E-state index contributed by atoms with van der Waals surface area (Å²) in [7, 11) is 0. The Balaban J connectivity index is 1.41. The zero-order valence-electron chi connectivity index (χ0n) is 12.5. The van der Waals surface area contributed by atoms with E-state index in [0.717, 1.165) is 55.3 Å². The molecule has 0 aromatic carbocycles. The van der Waals surface area contributed by atoms with Crippen LogP contribution in [0.25, 0.3) is 11.3 Å². The van der Waals surface area contributed by atoms with Gasteiger partial charge in [-0.05, 0) is 38.0 Å². The van der Waals surface area contributed by atoms with Gasteiger partial charge in [-0.15, -0.1) is 0 Å². The molecule has 2 aliphatic rings. The zero-order chi connectivity index (χ0) is 14.8. The summed E-state index contributed by atoms with van der Waals surface area (Å²) in [6, 6.07) is 0. The van der Waals surface area contributed by atoms with Gasteiger partial charge in [0.15, 0.2) is 12.2 Å². The lowest BCUT2D eigenvalue weighted by molar-refractivity contribution is 0.120. The van der Waals surface area contributed by atoms with Crippen LogP contribution in [0.4, 0.5) is 5.95 Å². The molecule has 116 valence electrons. The summed E-state index contributed by atoms with van der Waals surface area (Å²) in [5, 5.41) is 3.22. The van der Waals surface area contributed by atoms with Crippen molar-refractivity contribution in [3.8, 4) is 11.3 Å². The third-order valence-electron chi connectivity index (χ3n) is 4.25. The summed E-state index contributed by atoms with van der Waals surface area (Å²) < 4.78 is 11.1. The topological polar surface area (TPSA) is 73.1 Å². The van der Waals surface area contributed by atoms with Crippen LogP contribution in [0.2, 0.25) is 0 Å². The standard InChI is InChI=1S/C16H20N4O2/c1-2-13(21-5-1)9-19-16-17-7-12(8-18-16)15-14(20-10-22-15)6-11-3-4-11/h7-8,10-11,13H,1-6,9H2,(H,17,18,19). The first kappa shape index (κ1) is 13.7. The van der Waals surface area contributed by atoms with Crippen molar-refractivity contribution in [2.45, 2.75) is 38.2 Å². The number of hydrogen-bond acceptors (Lipinski definition) is 6. The summed E-state index contributed by atoms with van der Waals surface area (Å²) >= 11 is 0. The minimum atomic E-state index is 0.280. The van der Waals surface area contributed by atoms with E-state index in [-0.39, 0.29) is 6.10 Å². The fourth-order valence-corrected chi connectivity index (χ4v) is 2.79. The number of hydrogen-bond donors (Lipinski definition) is 1. The molecule has 1 saturated heterocycles. The number of ether oxygens (including phenoxy) is 1. The smallest absolute Gasteiger partial charge is 0.222 e.